The van der Waals surface area contributed by atoms with E-state index in [2.05, 4.69) is 10.4 Å². The van der Waals surface area contributed by atoms with Crippen molar-refractivity contribution in [1.29, 1.82) is 5.26 Å². The third-order valence-corrected chi connectivity index (χ3v) is 4.60. The molecule has 0 bridgehead atoms. The van der Waals surface area contributed by atoms with E-state index in [0.717, 1.165) is 0 Å². The smallest absolute Gasteiger partial charge is 0.338 e. The van der Waals surface area contributed by atoms with Crippen LogP contribution in [-0.2, 0) is 9.53 Å². The van der Waals surface area contributed by atoms with E-state index < -0.39 is 18.5 Å². The number of nitrogens with zero attached hydrogens (tertiary/aromatic N) is 3. The zero-order valence-corrected chi connectivity index (χ0v) is 16.8. The Balaban J connectivity index is 1.45. The minimum atomic E-state index is -0.758. The molecule has 0 spiro atoms. The van der Waals surface area contributed by atoms with Crippen LogP contribution in [0.25, 0.3) is 5.69 Å². The van der Waals surface area contributed by atoms with Crippen molar-refractivity contribution in [1.82, 2.24) is 9.78 Å². The van der Waals surface area contributed by atoms with Crippen molar-refractivity contribution < 1.29 is 23.8 Å². The largest absolute Gasteiger partial charge is 0.486 e. The van der Waals surface area contributed by atoms with Gasteiger partial charge in [-0.1, -0.05) is 29.8 Å². The van der Waals surface area contributed by atoms with Gasteiger partial charge >= 0.3 is 5.97 Å². The highest BCUT2D eigenvalue weighted by Crippen LogP contribution is 2.38. The molecule has 2 heterocycles. The highest BCUT2D eigenvalue weighted by Gasteiger charge is 2.21. The molecule has 10 heteroatoms. The molecule has 1 aliphatic heterocycles. The maximum absolute atomic E-state index is 12.4. The molecule has 0 fully saturated rings. The number of carbonyl (C=O) groups excluding carboxylic acids is 2. The third-order valence-electron chi connectivity index (χ3n) is 4.32. The molecule has 1 amide bonds. The number of anilines is 1. The van der Waals surface area contributed by atoms with Crippen molar-refractivity contribution in [2.24, 2.45) is 0 Å². The Kier molecular flexibility index (Phi) is 5.73. The number of halogens is 1. The Hall–Kier alpha value is -4.03. The Morgan fingerprint density at radius 2 is 2.00 bits per heavy atom. The molecule has 0 aliphatic carbocycles. The molecule has 31 heavy (non-hydrogen) atoms. The third kappa shape index (κ3) is 4.29. The van der Waals surface area contributed by atoms with Crippen molar-refractivity contribution in [3.8, 4) is 23.3 Å². The van der Waals surface area contributed by atoms with Gasteiger partial charge in [0.1, 0.15) is 24.8 Å². The Labute approximate surface area is 181 Å². The minimum absolute atomic E-state index is 0.120. The first kappa shape index (κ1) is 20.3. The number of para-hydroxylation sites is 1. The Morgan fingerprint density at radius 1 is 1.23 bits per heavy atom. The van der Waals surface area contributed by atoms with Gasteiger partial charge in [0.15, 0.2) is 23.9 Å². The lowest BCUT2D eigenvalue weighted by Crippen LogP contribution is -2.23. The number of amides is 1. The van der Waals surface area contributed by atoms with E-state index in [-0.39, 0.29) is 22.0 Å². The molecule has 9 nitrogen and oxygen atoms in total. The van der Waals surface area contributed by atoms with E-state index in [4.69, 9.17) is 25.8 Å². The van der Waals surface area contributed by atoms with Gasteiger partial charge in [0, 0.05) is 0 Å². The summed E-state index contributed by atoms with van der Waals surface area (Å²) >= 11 is 6.13. The summed E-state index contributed by atoms with van der Waals surface area (Å²) in [6, 6.07) is 13.8. The molecule has 2 aromatic carbocycles. The fourth-order valence-corrected chi connectivity index (χ4v) is 3.19. The SMILES string of the molecule is N#Cc1cnn(-c2ccccc2)c1NC(=O)COC(=O)c1cc(Cl)c2c(c1)OCCO2. The van der Waals surface area contributed by atoms with Crippen LogP contribution in [0.5, 0.6) is 11.5 Å². The standard InChI is InChI=1S/C21H15ClN4O5/c22-16-8-13(9-17-19(16)30-7-6-29-17)21(28)31-12-18(27)25-20-14(10-23)11-24-26(20)15-4-2-1-3-5-15/h1-5,8-9,11H,6-7,12H2,(H,25,27). The molecule has 3 aromatic rings. The average Bonchev–Trinajstić information content (AvgIpc) is 3.20. The van der Waals surface area contributed by atoms with Crippen LogP contribution in [0.2, 0.25) is 5.02 Å². The monoisotopic (exact) mass is 438 g/mol. The van der Waals surface area contributed by atoms with Gasteiger partial charge < -0.3 is 19.5 Å². The Bertz CT molecular complexity index is 1190. The van der Waals surface area contributed by atoms with Crippen molar-refractivity contribution >= 4 is 29.3 Å². The summed E-state index contributed by atoms with van der Waals surface area (Å²) in [5, 5.41) is 16.2. The average molecular weight is 439 g/mol. The van der Waals surface area contributed by atoms with E-state index in [9.17, 15) is 14.9 Å². The summed E-state index contributed by atoms with van der Waals surface area (Å²) in [6.45, 7) is 0.122. The quantitative estimate of drug-likeness (QED) is 0.609. The van der Waals surface area contributed by atoms with Crippen LogP contribution in [0.4, 0.5) is 5.82 Å². The topological polar surface area (TPSA) is 115 Å². The van der Waals surface area contributed by atoms with Crippen molar-refractivity contribution in [3.05, 3.63) is 64.8 Å². The second-order valence-electron chi connectivity index (χ2n) is 6.37. The lowest BCUT2D eigenvalue weighted by atomic mass is 10.2. The number of carbonyl (C=O) groups is 2. The summed E-state index contributed by atoms with van der Waals surface area (Å²) < 4.78 is 17.3. The first-order chi connectivity index (χ1) is 15.1. The number of benzene rings is 2. The zero-order valence-electron chi connectivity index (χ0n) is 16.0. The number of hydrogen-bond acceptors (Lipinski definition) is 7. The van der Waals surface area contributed by atoms with Crippen LogP contribution in [0.3, 0.4) is 0 Å². The fourth-order valence-electron chi connectivity index (χ4n) is 2.93. The van der Waals surface area contributed by atoms with Crippen LogP contribution in [0.15, 0.2) is 48.7 Å². The number of aromatic nitrogens is 2. The normalized spacial score (nSPS) is 12.0. The molecule has 4 rings (SSSR count). The van der Waals surface area contributed by atoms with Crippen molar-refractivity contribution in [3.63, 3.8) is 0 Å². The second kappa shape index (κ2) is 8.77. The molecule has 0 unspecified atom stereocenters. The van der Waals surface area contributed by atoms with Gasteiger partial charge in [0.05, 0.1) is 22.5 Å². The highest BCUT2D eigenvalue weighted by atomic mass is 35.5. The van der Waals surface area contributed by atoms with Gasteiger partial charge in [-0.05, 0) is 24.3 Å². The number of ether oxygens (including phenoxy) is 3. The predicted molar refractivity (Wildman–Crippen MR) is 110 cm³/mol. The van der Waals surface area contributed by atoms with Crippen molar-refractivity contribution in [2.75, 3.05) is 25.1 Å². The molecule has 156 valence electrons. The van der Waals surface area contributed by atoms with E-state index in [1.807, 2.05) is 12.1 Å². The van der Waals surface area contributed by atoms with E-state index in [1.54, 1.807) is 24.3 Å². The minimum Gasteiger partial charge on any atom is -0.486 e. The lowest BCUT2D eigenvalue weighted by molar-refractivity contribution is -0.119. The molecule has 1 aromatic heterocycles. The summed E-state index contributed by atoms with van der Waals surface area (Å²) in [7, 11) is 0. The van der Waals surface area contributed by atoms with Crippen LogP contribution in [0, 0.1) is 11.3 Å². The molecule has 0 saturated carbocycles. The zero-order chi connectivity index (χ0) is 21.8. The predicted octanol–water partition coefficient (Wildman–Crippen LogP) is 2.96. The van der Waals surface area contributed by atoms with Crippen LogP contribution in [-0.4, -0.2) is 41.5 Å². The number of fused-ring (bicyclic) bond motifs is 1. The van der Waals surface area contributed by atoms with E-state index in [1.165, 1.54) is 23.0 Å². The number of hydrogen-bond donors (Lipinski definition) is 1. The first-order valence-corrected chi connectivity index (χ1v) is 9.54. The Morgan fingerprint density at radius 3 is 2.77 bits per heavy atom. The fraction of sp³-hybridized carbons (Fsp3) is 0.143. The molecular weight excluding hydrogens is 424 g/mol. The molecule has 1 N–H and O–H groups in total. The maximum atomic E-state index is 12.4. The van der Waals surface area contributed by atoms with Gasteiger partial charge in [0.25, 0.3) is 5.91 Å². The lowest BCUT2D eigenvalue weighted by Gasteiger charge is -2.19. The van der Waals surface area contributed by atoms with Crippen LogP contribution >= 0.6 is 11.6 Å². The van der Waals surface area contributed by atoms with Crippen LogP contribution < -0.4 is 14.8 Å². The summed E-state index contributed by atoms with van der Waals surface area (Å²) in [6.07, 6.45) is 1.34. The van der Waals surface area contributed by atoms with Gasteiger partial charge in [-0.15, -0.1) is 0 Å². The molecule has 0 saturated heterocycles. The van der Waals surface area contributed by atoms with Crippen LogP contribution in [0.1, 0.15) is 15.9 Å². The first-order valence-electron chi connectivity index (χ1n) is 9.16. The summed E-state index contributed by atoms with van der Waals surface area (Å²) in [5.41, 5.74) is 0.943. The number of nitrogens with one attached hydrogen (secondary N) is 1. The number of rotatable bonds is 5. The van der Waals surface area contributed by atoms with E-state index >= 15 is 0 Å². The number of nitriles is 1. The van der Waals surface area contributed by atoms with Gasteiger partial charge in [-0.3, -0.25) is 4.79 Å². The maximum Gasteiger partial charge on any atom is 0.338 e. The molecule has 1 aliphatic rings. The van der Waals surface area contributed by atoms with Gasteiger partial charge in [-0.2, -0.15) is 10.4 Å². The van der Waals surface area contributed by atoms with E-state index in [0.29, 0.717) is 30.4 Å². The molecular formula is C21H15ClN4O5. The number of esters is 1. The molecule has 0 atom stereocenters. The van der Waals surface area contributed by atoms with Gasteiger partial charge in [-0.25, -0.2) is 9.48 Å². The summed E-state index contributed by atoms with van der Waals surface area (Å²) in [5.74, 6) is -0.518. The van der Waals surface area contributed by atoms with Gasteiger partial charge in [0.2, 0.25) is 0 Å². The molecule has 0 radical (unpaired) electrons. The summed E-state index contributed by atoms with van der Waals surface area (Å²) in [4.78, 5) is 24.8. The van der Waals surface area contributed by atoms with Crippen molar-refractivity contribution in [2.45, 2.75) is 0 Å². The second-order valence-corrected chi connectivity index (χ2v) is 6.78. The highest BCUT2D eigenvalue weighted by molar-refractivity contribution is 6.32.